The lowest BCUT2D eigenvalue weighted by Gasteiger charge is -2.16. The number of hydrogen-bond acceptors (Lipinski definition) is 6. The van der Waals surface area contributed by atoms with Crippen molar-refractivity contribution in [3.63, 3.8) is 0 Å². The second-order valence-electron chi connectivity index (χ2n) is 8.25. The molecule has 7 nitrogen and oxygen atoms in total. The molecule has 3 aromatic rings. The van der Waals surface area contributed by atoms with E-state index in [9.17, 15) is 12.8 Å². The fourth-order valence-corrected chi connectivity index (χ4v) is 6.20. The van der Waals surface area contributed by atoms with Gasteiger partial charge in [0, 0.05) is 37.3 Å². The largest absolute Gasteiger partial charge is 0.339 e. The highest BCUT2D eigenvalue weighted by molar-refractivity contribution is 7.89. The molecule has 1 saturated carbocycles. The first-order chi connectivity index (χ1) is 15.0. The maximum atomic E-state index is 13.7. The zero-order valence-corrected chi connectivity index (χ0v) is 17.7. The molecule has 0 radical (unpaired) electrons. The summed E-state index contributed by atoms with van der Waals surface area (Å²) >= 11 is 0. The van der Waals surface area contributed by atoms with Crippen molar-refractivity contribution in [1.29, 1.82) is 0 Å². The van der Waals surface area contributed by atoms with Gasteiger partial charge >= 0.3 is 0 Å². The minimum Gasteiger partial charge on any atom is -0.339 e. The van der Waals surface area contributed by atoms with Gasteiger partial charge in [-0.05, 0) is 42.7 Å². The summed E-state index contributed by atoms with van der Waals surface area (Å²) in [6, 6.07) is 8.85. The number of benzene rings is 1. The van der Waals surface area contributed by atoms with Gasteiger partial charge in [-0.15, -0.1) is 0 Å². The molecule has 0 spiro atoms. The molecule has 2 atom stereocenters. The standard InChI is InChI=1S/C22H23FN4O3S/c23-17-8-3-9-18(11-17)31(28,29)27-13-19(16-7-4-10-24-12-16)20(14-27)22-25-21(26-30-22)15-5-1-2-6-15/h3-4,7-12,15,19-20H,1-2,5-6,13-14H2. The number of pyridine rings is 1. The van der Waals surface area contributed by atoms with Crippen molar-refractivity contribution < 1.29 is 17.3 Å². The summed E-state index contributed by atoms with van der Waals surface area (Å²) in [6.45, 7) is 0.418. The van der Waals surface area contributed by atoms with Gasteiger partial charge in [0.25, 0.3) is 0 Å². The predicted molar refractivity (Wildman–Crippen MR) is 110 cm³/mol. The lowest BCUT2D eigenvalue weighted by atomic mass is 9.90. The molecule has 2 aromatic heterocycles. The molecular weight excluding hydrogens is 419 g/mol. The van der Waals surface area contributed by atoms with Crippen LogP contribution in [0.4, 0.5) is 4.39 Å². The Hall–Kier alpha value is -2.65. The molecule has 5 rings (SSSR count). The number of hydrogen-bond donors (Lipinski definition) is 0. The van der Waals surface area contributed by atoms with E-state index in [0.717, 1.165) is 37.3 Å². The van der Waals surface area contributed by atoms with Crippen LogP contribution >= 0.6 is 0 Å². The Kier molecular flexibility index (Phi) is 5.31. The van der Waals surface area contributed by atoms with Crippen molar-refractivity contribution in [2.24, 2.45) is 0 Å². The first kappa shape index (κ1) is 20.3. The fraction of sp³-hybridized carbons (Fsp3) is 0.409. The van der Waals surface area contributed by atoms with Crippen LogP contribution in [0.3, 0.4) is 0 Å². The molecule has 1 aliphatic carbocycles. The average Bonchev–Trinajstić information content (AvgIpc) is 3.54. The van der Waals surface area contributed by atoms with Crippen LogP contribution in [0.2, 0.25) is 0 Å². The van der Waals surface area contributed by atoms with Crippen molar-refractivity contribution in [2.45, 2.75) is 48.3 Å². The number of nitrogens with zero attached hydrogens (tertiary/aromatic N) is 4. The molecule has 0 N–H and O–H groups in total. The van der Waals surface area contributed by atoms with E-state index in [2.05, 4.69) is 15.1 Å². The second kappa shape index (κ2) is 8.12. The summed E-state index contributed by atoms with van der Waals surface area (Å²) in [6.07, 6.45) is 7.85. The van der Waals surface area contributed by atoms with Crippen LogP contribution in [0.15, 0.2) is 58.2 Å². The van der Waals surface area contributed by atoms with Gasteiger partial charge in [-0.25, -0.2) is 12.8 Å². The van der Waals surface area contributed by atoms with Crippen molar-refractivity contribution in [2.75, 3.05) is 13.1 Å². The number of rotatable bonds is 5. The molecule has 1 aromatic carbocycles. The van der Waals surface area contributed by atoms with Gasteiger partial charge in [-0.2, -0.15) is 9.29 Å². The molecule has 9 heteroatoms. The molecule has 162 valence electrons. The van der Waals surface area contributed by atoms with E-state index in [4.69, 9.17) is 4.52 Å². The lowest BCUT2D eigenvalue weighted by Crippen LogP contribution is -2.29. The monoisotopic (exact) mass is 442 g/mol. The Labute approximate surface area is 180 Å². The van der Waals surface area contributed by atoms with E-state index < -0.39 is 15.8 Å². The zero-order chi connectivity index (χ0) is 21.4. The summed E-state index contributed by atoms with van der Waals surface area (Å²) in [4.78, 5) is 8.81. The maximum Gasteiger partial charge on any atom is 0.243 e. The average molecular weight is 443 g/mol. The van der Waals surface area contributed by atoms with Crippen LogP contribution in [0, 0.1) is 5.82 Å². The highest BCUT2D eigenvalue weighted by atomic mass is 32.2. The van der Waals surface area contributed by atoms with E-state index in [-0.39, 0.29) is 29.8 Å². The van der Waals surface area contributed by atoms with Gasteiger partial charge in [-0.3, -0.25) is 4.98 Å². The predicted octanol–water partition coefficient (Wildman–Crippen LogP) is 3.83. The molecule has 2 unspecified atom stereocenters. The van der Waals surface area contributed by atoms with E-state index >= 15 is 0 Å². The van der Waals surface area contributed by atoms with E-state index in [1.54, 1.807) is 12.4 Å². The van der Waals surface area contributed by atoms with Crippen molar-refractivity contribution >= 4 is 10.0 Å². The zero-order valence-electron chi connectivity index (χ0n) is 16.9. The fourth-order valence-electron chi connectivity index (χ4n) is 4.67. The summed E-state index contributed by atoms with van der Waals surface area (Å²) in [5.41, 5.74) is 0.907. The van der Waals surface area contributed by atoms with E-state index in [0.29, 0.717) is 17.6 Å². The van der Waals surface area contributed by atoms with Crippen molar-refractivity contribution in [3.05, 3.63) is 71.9 Å². The third-order valence-corrected chi connectivity index (χ3v) is 8.16. The Morgan fingerprint density at radius 1 is 1.06 bits per heavy atom. The van der Waals surface area contributed by atoms with Crippen LogP contribution in [0.25, 0.3) is 0 Å². The Morgan fingerprint density at radius 2 is 1.87 bits per heavy atom. The van der Waals surface area contributed by atoms with Crippen LogP contribution in [-0.4, -0.2) is 40.9 Å². The Morgan fingerprint density at radius 3 is 2.61 bits per heavy atom. The number of sulfonamides is 1. The van der Waals surface area contributed by atoms with Crippen molar-refractivity contribution in [1.82, 2.24) is 19.4 Å². The molecule has 2 fully saturated rings. The second-order valence-corrected chi connectivity index (χ2v) is 10.2. The number of halogens is 1. The van der Waals surface area contributed by atoms with Crippen LogP contribution in [0.5, 0.6) is 0 Å². The summed E-state index contributed by atoms with van der Waals surface area (Å²) in [7, 11) is -3.87. The molecule has 2 aliphatic rings. The smallest absolute Gasteiger partial charge is 0.243 e. The Balaban J connectivity index is 1.48. The summed E-state index contributed by atoms with van der Waals surface area (Å²) in [5.74, 6) is 0.405. The third-order valence-electron chi connectivity index (χ3n) is 6.33. The lowest BCUT2D eigenvalue weighted by molar-refractivity contribution is 0.342. The minimum atomic E-state index is -3.87. The summed E-state index contributed by atoms with van der Waals surface area (Å²) in [5, 5.41) is 4.21. The Bertz CT molecular complexity index is 1160. The van der Waals surface area contributed by atoms with E-state index in [1.165, 1.54) is 22.5 Å². The molecule has 31 heavy (non-hydrogen) atoms. The molecule has 0 amide bonds. The summed E-state index contributed by atoms with van der Waals surface area (Å²) < 4.78 is 47.2. The highest BCUT2D eigenvalue weighted by Gasteiger charge is 2.44. The molecule has 0 bridgehead atoms. The van der Waals surface area contributed by atoms with Gasteiger partial charge in [0.05, 0.1) is 10.8 Å². The quantitative estimate of drug-likeness (QED) is 0.597. The molecule has 3 heterocycles. The van der Waals surface area contributed by atoms with Gasteiger partial charge in [-0.1, -0.05) is 30.1 Å². The molecule has 1 saturated heterocycles. The van der Waals surface area contributed by atoms with Gasteiger partial charge in [0.2, 0.25) is 15.9 Å². The van der Waals surface area contributed by atoms with Gasteiger partial charge in [0.1, 0.15) is 5.82 Å². The molecule has 1 aliphatic heterocycles. The highest BCUT2D eigenvalue weighted by Crippen LogP contribution is 2.42. The van der Waals surface area contributed by atoms with Gasteiger partial charge < -0.3 is 4.52 Å². The molecular formula is C22H23FN4O3S. The first-order valence-corrected chi connectivity index (χ1v) is 12.0. The van der Waals surface area contributed by atoms with E-state index in [1.807, 2.05) is 12.1 Å². The minimum absolute atomic E-state index is 0.0599. The van der Waals surface area contributed by atoms with Crippen molar-refractivity contribution in [3.8, 4) is 0 Å². The van der Waals surface area contributed by atoms with Crippen LogP contribution in [0.1, 0.15) is 60.7 Å². The SMILES string of the molecule is O=S(=O)(c1cccc(F)c1)N1CC(c2cccnc2)C(c2nc(C3CCCC3)no2)C1. The van der Waals surface area contributed by atoms with Crippen LogP contribution < -0.4 is 0 Å². The number of aromatic nitrogens is 3. The van der Waals surface area contributed by atoms with Gasteiger partial charge in [0.15, 0.2) is 5.82 Å². The topological polar surface area (TPSA) is 89.2 Å². The normalized spacial score (nSPS) is 22.9. The third kappa shape index (κ3) is 3.87. The first-order valence-electron chi connectivity index (χ1n) is 10.5. The maximum absolute atomic E-state index is 13.7. The van der Waals surface area contributed by atoms with Crippen LogP contribution in [-0.2, 0) is 10.0 Å².